The van der Waals surface area contributed by atoms with Crippen molar-refractivity contribution in [1.82, 2.24) is 4.90 Å². The molecule has 2 fully saturated rings. The van der Waals surface area contributed by atoms with Gasteiger partial charge in [0.15, 0.2) is 0 Å². The van der Waals surface area contributed by atoms with Gasteiger partial charge in [0.2, 0.25) is 0 Å². The predicted octanol–water partition coefficient (Wildman–Crippen LogP) is 4.57. The van der Waals surface area contributed by atoms with E-state index in [0.29, 0.717) is 0 Å². The maximum atomic E-state index is 2.61. The molecule has 2 nitrogen and oxygen atoms in total. The molecule has 0 radical (unpaired) electrons. The number of anilines is 1. The molecule has 1 aliphatic heterocycles. The summed E-state index contributed by atoms with van der Waals surface area (Å²) in [6.07, 6.45) is 10.8. The maximum absolute atomic E-state index is 2.61. The first-order chi connectivity index (χ1) is 11.3. The highest BCUT2D eigenvalue weighted by Gasteiger charge is 2.42. The van der Waals surface area contributed by atoms with Gasteiger partial charge in [0, 0.05) is 37.4 Å². The molecule has 0 amide bonds. The summed E-state index contributed by atoms with van der Waals surface area (Å²) >= 11 is 0. The van der Waals surface area contributed by atoms with Gasteiger partial charge in [0.05, 0.1) is 0 Å². The number of allylic oxidation sites excluding steroid dienone is 2. The smallest absolute Gasteiger partial charge is 0.0443 e. The highest BCUT2D eigenvalue weighted by atomic mass is 15.3. The number of nitrogens with zero attached hydrogens (tertiary/aromatic N) is 2. The molecule has 2 aliphatic carbocycles. The lowest BCUT2D eigenvalue weighted by Gasteiger charge is -2.37. The third-order valence-corrected chi connectivity index (χ3v) is 6.17. The zero-order valence-electron chi connectivity index (χ0n) is 14.6. The number of hydrogen-bond acceptors (Lipinski definition) is 2. The van der Waals surface area contributed by atoms with E-state index in [4.69, 9.17) is 0 Å². The fraction of sp³-hybridized carbons (Fsp3) is 0.619. The summed E-state index contributed by atoms with van der Waals surface area (Å²) in [5.74, 6) is 0. The lowest BCUT2D eigenvalue weighted by Crippen LogP contribution is -2.46. The Hall–Kier alpha value is -1.28. The van der Waals surface area contributed by atoms with Crippen molar-refractivity contribution in [3.63, 3.8) is 0 Å². The van der Waals surface area contributed by atoms with Crippen molar-refractivity contribution in [2.45, 2.75) is 45.4 Å². The average molecular weight is 310 g/mol. The maximum Gasteiger partial charge on any atom is 0.0443 e. The normalized spacial score (nSPS) is 23.9. The molecule has 1 heterocycles. The predicted molar refractivity (Wildman–Crippen MR) is 98.9 cm³/mol. The standard InChI is InChI=1S/C21H30N2/c1-2-13-22-14-16-23(17-15-22)20-6-4-3-5-19(20)18-7-9-21(10-8-18)11-12-21/h3-7H,2,8-17H2,1H3. The lowest BCUT2D eigenvalue weighted by molar-refractivity contribution is 0.258. The minimum atomic E-state index is 0.726. The van der Waals surface area contributed by atoms with E-state index < -0.39 is 0 Å². The minimum absolute atomic E-state index is 0.726. The Kier molecular flexibility index (Phi) is 4.19. The second-order valence-electron chi connectivity index (χ2n) is 7.78. The van der Waals surface area contributed by atoms with Crippen LogP contribution >= 0.6 is 0 Å². The molecule has 1 aromatic rings. The van der Waals surface area contributed by atoms with E-state index in [1.165, 1.54) is 82.5 Å². The highest BCUT2D eigenvalue weighted by Crippen LogP contribution is 2.56. The Morgan fingerprint density at radius 1 is 1.00 bits per heavy atom. The summed E-state index contributed by atoms with van der Waals surface area (Å²) in [6, 6.07) is 9.12. The van der Waals surface area contributed by atoms with E-state index in [0.717, 1.165) is 5.41 Å². The van der Waals surface area contributed by atoms with Crippen LogP contribution in [-0.2, 0) is 0 Å². The summed E-state index contributed by atoms with van der Waals surface area (Å²) in [5.41, 5.74) is 5.31. The fourth-order valence-corrected chi connectivity index (χ4v) is 4.37. The van der Waals surface area contributed by atoms with Crippen LogP contribution in [0.1, 0.15) is 51.0 Å². The van der Waals surface area contributed by atoms with E-state index in [9.17, 15) is 0 Å². The van der Waals surface area contributed by atoms with Gasteiger partial charge < -0.3 is 4.90 Å². The van der Waals surface area contributed by atoms with Crippen LogP contribution in [0, 0.1) is 5.41 Å². The Balaban J connectivity index is 1.50. The van der Waals surface area contributed by atoms with Crippen LogP contribution in [0.15, 0.2) is 30.3 Å². The van der Waals surface area contributed by atoms with Gasteiger partial charge in [0.25, 0.3) is 0 Å². The van der Waals surface area contributed by atoms with E-state index in [1.54, 1.807) is 5.57 Å². The van der Waals surface area contributed by atoms with Crippen LogP contribution in [0.2, 0.25) is 0 Å². The first-order valence-electron chi connectivity index (χ1n) is 9.55. The van der Waals surface area contributed by atoms with Gasteiger partial charge in [-0.1, -0.05) is 31.2 Å². The lowest BCUT2D eigenvalue weighted by atomic mass is 9.84. The topological polar surface area (TPSA) is 6.48 Å². The number of hydrogen-bond donors (Lipinski definition) is 0. The van der Waals surface area contributed by atoms with Gasteiger partial charge in [-0.25, -0.2) is 0 Å². The second kappa shape index (κ2) is 6.32. The van der Waals surface area contributed by atoms with Crippen molar-refractivity contribution in [1.29, 1.82) is 0 Å². The molecule has 0 aromatic heterocycles. The largest absolute Gasteiger partial charge is 0.368 e. The summed E-state index contributed by atoms with van der Waals surface area (Å²) in [7, 11) is 0. The minimum Gasteiger partial charge on any atom is -0.368 e. The molecular weight excluding hydrogens is 280 g/mol. The van der Waals surface area contributed by atoms with Crippen molar-refractivity contribution < 1.29 is 0 Å². The third kappa shape index (κ3) is 3.19. The Labute approximate surface area is 141 Å². The van der Waals surface area contributed by atoms with Crippen LogP contribution in [0.5, 0.6) is 0 Å². The van der Waals surface area contributed by atoms with Crippen molar-refractivity contribution in [2.75, 3.05) is 37.6 Å². The van der Waals surface area contributed by atoms with E-state index >= 15 is 0 Å². The zero-order valence-corrected chi connectivity index (χ0v) is 14.6. The monoisotopic (exact) mass is 310 g/mol. The van der Waals surface area contributed by atoms with Crippen LogP contribution in [0.3, 0.4) is 0 Å². The van der Waals surface area contributed by atoms with Crippen molar-refractivity contribution in [3.8, 4) is 0 Å². The van der Waals surface area contributed by atoms with Crippen molar-refractivity contribution >= 4 is 11.3 Å². The molecule has 1 aromatic carbocycles. The van der Waals surface area contributed by atoms with Crippen LogP contribution in [0.25, 0.3) is 5.57 Å². The quantitative estimate of drug-likeness (QED) is 0.804. The summed E-state index contributed by atoms with van der Waals surface area (Å²) in [4.78, 5) is 5.22. The summed E-state index contributed by atoms with van der Waals surface area (Å²) in [6.45, 7) is 8.31. The molecule has 1 saturated heterocycles. The molecule has 2 heteroatoms. The van der Waals surface area contributed by atoms with E-state index in [-0.39, 0.29) is 0 Å². The van der Waals surface area contributed by atoms with Gasteiger partial charge in [-0.05, 0) is 62.1 Å². The third-order valence-electron chi connectivity index (χ3n) is 6.17. The number of piperazine rings is 1. The van der Waals surface area contributed by atoms with Gasteiger partial charge >= 0.3 is 0 Å². The first-order valence-corrected chi connectivity index (χ1v) is 9.55. The summed E-state index contributed by atoms with van der Waals surface area (Å²) in [5, 5.41) is 0. The molecular formula is C21H30N2. The molecule has 0 atom stereocenters. The molecule has 4 rings (SSSR count). The zero-order chi connectivity index (χ0) is 15.7. The SMILES string of the molecule is CCCN1CCN(c2ccccc2C2=CCC3(CC2)CC3)CC1. The Morgan fingerprint density at radius 2 is 1.78 bits per heavy atom. The second-order valence-corrected chi connectivity index (χ2v) is 7.78. The number of rotatable bonds is 4. The molecule has 0 unspecified atom stereocenters. The van der Waals surface area contributed by atoms with Gasteiger partial charge in [-0.3, -0.25) is 4.90 Å². The molecule has 23 heavy (non-hydrogen) atoms. The summed E-state index contributed by atoms with van der Waals surface area (Å²) < 4.78 is 0. The molecule has 1 spiro atoms. The number of benzene rings is 1. The van der Waals surface area contributed by atoms with Gasteiger partial charge in [0.1, 0.15) is 0 Å². The van der Waals surface area contributed by atoms with Crippen molar-refractivity contribution in [2.24, 2.45) is 5.41 Å². The van der Waals surface area contributed by atoms with Crippen molar-refractivity contribution in [3.05, 3.63) is 35.9 Å². The molecule has 3 aliphatic rings. The Morgan fingerprint density at radius 3 is 2.43 bits per heavy atom. The fourth-order valence-electron chi connectivity index (χ4n) is 4.37. The molecule has 0 N–H and O–H groups in total. The molecule has 0 bridgehead atoms. The molecule has 1 saturated carbocycles. The van der Waals surface area contributed by atoms with Crippen LogP contribution in [0.4, 0.5) is 5.69 Å². The first kappa shape index (κ1) is 15.3. The Bertz CT molecular complexity index is 577. The van der Waals surface area contributed by atoms with Gasteiger partial charge in [-0.2, -0.15) is 0 Å². The van der Waals surface area contributed by atoms with Crippen LogP contribution < -0.4 is 4.90 Å². The van der Waals surface area contributed by atoms with Crippen LogP contribution in [-0.4, -0.2) is 37.6 Å². The molecule has 124 valence electrons. The van der Waals surface area contributed by atoms with E-state index in [1.807, 2.05) is 0 Å². The van der Waals surface area contributed by atoms with E-state index in [2.05, 4.69) is 47.1 Å². The van der Waals surface area contributed by atoms with Gasteiger partial charge in [-0.15, -0.1) is 0 Å². The number of para-hydroxylation sites is 1. The highest BCUT2D eigenvalue weighted by molar-refractivity contribution is 5.77. The average Bonchev–Trinajstić information content (AvgIpc) is 3.36.